The summed E-state index contributed by atoms with van der Waals surface area (Å²) < 4.78 is 0. The zero-order chi connectivity index (χ0) is 7.82. The van der Waals surface area contributed by atoms with E-state index in [9.17, 15) is 0 Å². The third-order valence-electron chi connectivity index (χ3n) is 1.16. The predicted molar refractivity (Wildman–Crippen MR) is 36.4 cm³/mol. The number of hydrogen-bond acceptors (Lipinski definition) is 2. The molecule has 0 atom stereocenters. The van der Waals surface area contributed by atoms with Crippen molar-refractivity contribution in [2.24, 2.45) is 0 Å². The smallest absolute Gasteiger partial charge is 0.291 e. The first-order valence-corrected chi connectivity index (χ1v) is 3.21. The van der Waals surface area contributed by atoms with Crippen LogP contribution in [0.3, 0.4) is 0 Å². The molecule has 0 aromatic rings. The third-order valence-corrected chi connectivity index (χ3v) is 1.16. The molecular formula is C6H11NO3. The Balaban J connectivity index is 0.000000180. The van der Waals surface area contributed by atoms with Crippen LogP contribution in [0.5, 0.6) is 0 Å². The topological polar surface area (TPSA) is 63.4 Å². The summed E-state index contributed by atoms with van der Waals surface area (Å²) in [5.74, 6) is 0. The Morgan fingerprint density at radius 2 is 1.60 bits per heavy atom. The van der Waals surface area contributed by atoms with Crippen molar-refractivity contribution in [1.82, 2.24) is 0 Å². The van der Waals surface area contributed by atoms with Crippen LogP contribution in [0, 0.1) is 10.1 Å². The molecule has 4 nitrogen and oxygen atoms in total. The van der Waals surface area contributed by atoms with Crippen LogP contribution in [0.25, 0.3) is 0 Å². The minimum absolute atomic E-state index is 1.32. The monoisotopic (exact) mass is 145 g/mol. The maximum absolute atomic E-state index is 8.36. The van der Waals surface area contributed by atoms with Crippen molar-refractivity contribution < 1.29 is 10.3 Å². The lowest BCUT2D eigenvalue weighted by molar-refractivity contribution is -0.742. The number of allylic oxidation sites excluding steroid dienone is 2. The normalized spacial score (nSPS) is 15.2. The van der Waals surface area contributed by atoms with E-state index in [0.29, 0.717) is 0 Å². The Bertz CT molecular complexity index is 110. The van der Waals surface area contributed by atoms with Gasteiger partial charge in [-0.1, -0.05) is 12.2 Å². The summed E-state index contributed by atoms with van der Waals surface area (Å²) in [4.78, 5) is 8.36. The largest absolute Gasteiger partial charge is 0.328 e. The quantitative estimate of drug-likeness (QED) is 0.321. The highest BCUT2D eigenvalue weighted by molar-refractivity contribution is 4.85. The molecule has 0 unspecified atom stereocenters. The van der Waals surface area contributed by atoms with Crippen molar-refractivity contribution in [1.29, 1.82) is 0 Å². The molecule has 1 rings (SSSR count). The van der Waals surface area contributed by atoms with E-state index in [-0.39, 0.29) is 0 Å². The Kier molecular flexibility index (Phi) is 5.42. The van der Waals surface area contributed by atoms with E-state index < -0.39 is 5.09 Å². The first-order chi connectivity index (χ1) is 4.73. The highest BCUT2D eigenvalue weighted by atomic mass is 16.9. The minimum Gasteiger partial charge on any atom is -0.328 e. The van der Waals surface area contributed by atoms with Gasteiger partial charge in [-0.05, 0) is 25.7 Å². The molecule has 1 N–H and O–H groups in total. The molecule has 0 radical (unpaired) electrons. The Labute approximate surface area is 59.3 Å². The van der Waals surface area contributed by atoms with Crippen molar-refractivity contribution in [2.75, 3.05) is 0 Å². The lowest BCUT2D eigenvalue weighted by atomic mass is 10.1. The second kappa shape index (κ2) is 6.07. The summed E-state index contributed by atoms with van der Waals surface area (Å²) in [5.41, 5.74) is 0. The lowest BCUT2D eigenvalue weighted by Gasteiger charge is -1.97. The van der Waals surface area contributed by atoms with Crippen LogP contribution < -0.4 is 0 Å². The van der Waals surface area contributed by atoms with Crippen molar-refractivity contribution in [3.05, 3.63) is 22.3 Å². The summed E-state index contributed by atoms with van der Waals surface area (Å²) >= 11 is 0. The van der Waals surface area contributed by atoms with Crippen LogP contribution in [-0.4, -0.2) is 10.3 Å². The van der Waals surface area contributed by atoms with Gasteiger partial charge in [-0.15, -0.1) is 10.1 Å². The molecule has 0 spiro atoms. The summed E-state index contributed by atoms with van der Waals surface area (Å²) in [6.45, 7) is 0. The van der Waals surface area contributed by atoms with Crippen molar-refractivity contribution in [3.8, 4) is 0 Å². The van der Waals surface area contributed by atoms with Gasteiger partial charge in [0.2, 0.25) is 0 Å². The summed E-state index contributed by atoms with van der Waals surface area (Å²) in [5, 5.41) is 13.6. The highest BCUT2D eigenvalue weighted by Gasteiger charge is 1.87. The molecule has 0 aromatic carbocycles. The number of hydrogen-bond donors (Lipinski definition) is 1. The third kappa shape index (κ3) is 10.0. The fraction of sp³-hybridized carbons (Fsp3) is 0.667. The van der Waals surface area contributed by atoms with Gasteiger partial charge in [-0.3, -0.25) is 0 Å². The van der Waals surface area contributed by atoms with Crippen LogP contribution in [0.15, 0.2) is 12.2 Å². The van der Waals surface area contributed by atoms with Gasteiger partial charge >= 0.3 is 0 Å². The average Bonchev–Trinajstić information content (AvgIpc) is 1.90. The van der Waals surface area contributed by atoms with E-state index in [4.69, 9.17) is 15.3 Å². The van der Waals surface area contributed by atoms with E-state index in [1.165, 1.54) is 25.7 Å². The predicted octanol–water partition coefficient (Wildman–Crippen LogP) is 1.77. The van der Waals surface area contributed by atoms with Gasteiger partial charge < -0.3 is 5.21 Å². The van der Waals surface area contributed by atoms with Gasteiger partial charge in [0.1, 0.15) is 0 Å². The first kappa shape index (κ1) is 8.94. The van der Waals surface area contributed by atoms with E-state index in [1.807, 2.05) is 0 Å². The van der Waals surface area contributed by atoms with Gasteiger partial charge in [0, 0.05) is 0 Å². The van der Waals surface area contributed by atoms with E-state index in [2.05, 4.69) is 12.2 Å². The zero-order valence-corrected chi connectivity index (χ0v) is 5.69. The summed E-state index contributed by atoms with van der Waals surface area (Å²) in [6, 6.07) is 0. The molecule has 0 bridgehead atoms. The fourth-order valence-corrected chi connectivity index (χ4v) is 0.760. The lowest BCUT2D eigenvalue weighted by Crippen LogP contribution is -1.81. The standard InChI is InChI=1S/C6H10.HNO3/c1-2-4-6-5-3-1;2-1(3)4/h1-2H,3-6H2;(H,2,3,4). The van der Waals surface area contributed by atoms with Gasteiger partial charge in [-0.2, -0.15) is 0 Å². The number of rotatable bonds is 0. The number of nitrogens with zero attached hydrogens (tertiary/aromatic N) is 1. The SMILES string of the molecule is C1=CCCCC1.O=[N+]([O-])O. The van der Waals surface area contributed by atoms with E-state index in [0.717, 1.165) is 0 Å². The van der Waals surface area contributed by atoms with Crippen LogP contribution in [0.2, 0.25) is 0 Å². The van der Waals surface area contributed by atoms with Crippen molar-refractivity contribution >= 4 is 0 Å². The van der Waals surface area contributed by atoms with E-state index >= 15 is 0 Å². The summed E-state index contributed by atoms with van der Waals surface area (Å²) in [7, 11) is 0. The Morgan fingerprint density at radius 1 is 1.30 bits per heavy atom. The molecule has 4 heteroatoms. The van der Waals surface area contributed by atoms with Crippen LogP contribution >= 0.6 is 0 Å². The molecule has 1 aliphatic rings. The van der Waals surface area contributed by atoms with Gasteiger partial charge in [0.15, 0.2) is 0 Å². The second-order valence-corrected chi connectivity index (χ2v) is 1.99. The first-order valence-electron chi connectivity index (χ1n) is 3.21. The maximum atomic E-state index is 8.36. The van der Waals surface area contributed by atoms with Gasteiger partial charge in [-0.25, -0.2) is 0 Å². The fourth-order valence-electron chi connectivity index (χ4n) is 0.760. The van der Waals surface area contributed by atoms with Crippen molar-refractivity contribution in [3.63, 3.8) is 0 Å². The molecule has 58 valence electrons. The highest BCUT2D eigenvalue weighted by Crippen LogP contribution is 2.07. The van der Waals surface area contributed by atoms with Gasteiger partial charge in [0.05, 0.1) is 0 Å². The van der Waals surface area contributed by atoms with Gasteiger partial charge in [0.25, 0.3) is 5.09 Å². The molecule has 0 fully saturated rings. The molecule has 0 aliphatic heterocycles. The van der Waals surface area contributed by atoms with Crippen LogP contribution in [-0.2, 0) is 0 Å². The zero-order valence-electron chi connectivity index (χ0n) is 5.69. The molecule has 0 aromatic heterocycles. The molecule has 0 amide bonds. The molecule has 1 aliphatic carbocycles. The Hall–Kier alpha value is -1.06. The minimum atomic E-state index is -1.50. The Morgan fingerprint density at radius 3 is 1.70 bits per heavy atom. The van der Waals surface area contributed by atoms with Crippen LogP contribution in [0.1, 0.15) is 25.7 Å². The molecule has 0 saturated carbocycles. The van der Waals surface area contributed by atoms with Crippen molar-refractivity contribution in [2.45, 2.75) is 25.7 Å². The molecule has 10 heavy (non-hydrogen) atoms. The second-order valence-electron chi connectivity index (χ2n) is 1.99. The maximum Gasteiger partial charge on any atom is 0.291 e. The van der Waals surface area contributed by atoms with E-state index in [1.54, 1.807) is 0 Å². The van der Waals surface area contributed by atoms with Crippen LogP contribution in [0.4, 0.5) is 0 Å². The molecule has 0 heterocycles. The summed E-state index contributed by atoms with van der Waals surface area (Å²) in [6.07, 6.45) is 10.0. The molecular weight excluding hydrogens is 134 g/mol. The molecule has 0 saturated heterocycles. The average molecular weight is 145 g/mol.